The number of anilines is 1. The molecule has 0 fully saturated rings. The van der Waals surface area contributed by atoms with Crippen molar-refractivity contribution in [2.24, 2.45) is 0 Å². The Balaban J connectivity index is 2.42. The number of carboxylic acid groups (broad SMARTS) is 1. The van der Waals surface area contributed by atoms with Gasteiger partial charge in [0.1, 0.15) is 13.2 Å². The van der Waals surface area contributed by atoms with Gasteiger partial charge in [-0.25, -0.2) is 4.79 Å². The molecule has 7 nitrogen and oxygen atoms in total. The number of carbonyl (C=O) groups is 1. The van der Waals surface area contributed by atoms with Crippen LogP contribution in [0.25, 0.3) is 0 Å². The van der Waals surface area contributed by atoms with Gasteiger partial charge in [-0.3, -0.25) is 0 Å². The van der Waals surface area contributed by atoms with Crippen molar-refractivity contribution in [2.45, 2.75) is 13.5 Å². The molecular formula is C8H13N3O4. The van der Waals surface area contributed by atoms with Gasteiger partial charge in [0.15, 0.2) is 0 Å². The molecule has 0 bridgehead atoms. The molecule has 0 aliphatic heterocycles. The fourth-order valence-corrected chi connectivity index (χ4v) is 0.827. The molecule has 15 heavy (non-hydrogen) atoms. The third kappa shape index (κ3) is 3.55. The molecule has 0 aromatic carbocycles. The van der Waals surface area contributed by atoms with E-state index in [4.69, 9.17) is 14.4 Å². The lowest BCUT2D eigenvalue weighted by atomic mass is 10.6. The highest BCUT2D eigenvalue weighted by molar-refractivity contribution is 5.67. The number of ether oxygens (including phenoxy) is 1. The summed E-state index contributed by atoms with van der Waals surface area (Å²) >= 11 is 0. The van der Waals surface area contributed by atoms with Crippen LogP contribution in [0.3, 0.4) is 0 Å². The van der Waals surface area contributed by atoms with Gasteiger partial charge in [-0.1, -0.05) is 0 Å². The first-order chi connectivity index (χ1) is 7.13. The van der Waals surface area contributed by atoms with Gasteiger partial charge in [0.25, 0.3) is 11.8 Å². The first-order valence-electron chi connectivity index (χ1n) is 4.46. The minimum Gasteiger partial charge on any atom is -0.480 e. The number of hydrogen-bond acceptors (Lipinski definition) is 6. The summed E-state index contributed by atoms with van der Waals surface area (Å²) in [6.45, 7) is 2.35. The van der Waals surface area contributed by atoms with E-state index in [1.165, 1.54) is 0 Å². The fraction of sp³-hybridized carbons (Fsp3) is 0.625. The predicted molar refractivity (Wildman–Crippen MR) is 50.5 cm³/mol. The molecule has 0 saturated heterocycles. The lowest BCUT2D eigenvalue weighted by molar-refractivity contribution is -0.142. The highest BCUT2D eigenvalue weighted by Crippen LogP contribution is 2.07. The van der Waals surface area contributed by atoms with Crippen molar-refractivity contribution >= 4 is 11.9 Å². The van der Waals surface area contributed by atoms with Crippen molar-refractivity contribution < 1.29 is 19.2 Å². The minimum absolute atomic E-state index is 0.0108. The van der Waals surface area contributed by atoms with Crippen molar-refractivity contribution in [1.82, 2.24) is 10.1 Å². The van der Waals surface area contributed by atoms with Crippen molar-refractivity contribution in [3.63, 3.8) is 0 Å². The normalized spacial score (nSPS) is 10.3. The summed E-state index contributed by atoms with van der Waals surface area (Å²) in [5.41, 5.74) is 0. The predicted octanol–water partition coefficient (Wildman–Crippen LogP) is 0.127. The van der Waals surface area contributed by atoms with Crippen molar-refractivity contribution in [3.05, 3.63) is 5.89 Å². The zero-order valence-electron chi connectivity index (χ0n) is 8.63. The third-order valence-electron chi connectivity index (χ3n) is 1.72. The van der Waals surface area contributed by atoms with Gasteiger partial charge in [-0.15, -0.1) is 0 Å². The van der Waals surface area contributed by atoms with Gasteiger partial charge < -0.3 is 19.3 Å². The number of rotatable bonds is 6. The lowest BCUT2D eigenvalue weighted by Gasteiger charge is -2.08. The monoisotopic (exact) mass is 215 g/mol. The van der Waals surface area contributed by atoms with Crippen molar-refractivity contribution in [3.8, 4) is 0 Å². The Morgan fingerprint density at radius 3 is 3.00 bits per heavy atom. The standard InChI is InChI=1S/C8H13N3O4/c1-3-11(2)8-9-6(15-10-8)4-14-5-7(12)13/h3-5H2,1-2H3,(H,12,13). The topological polar surface area (TPSA) is 88.7 Å². The zero-order valence-corrected chi connectivity index (χ0v) is 8.63. The molecule has 1 heterocycles. The van der Waals surface area contributed by atoms with E-state index in [9.17, 15) is 4.79 Å². The van der Waals surface area contributed by atoms with Crippen LogP contribution in [0.5, 0.6) is 0 Å². The summed E-state index contributed by atoms with van der Waals surface area (Å²) in [7, 11) is 1.83. The Hall–Kier alpha value is -1.63. The summed E-state index contributed by atoms with van der Waals surface area (Å²) in [6.07, 6.45) is 0. The summed E-state index contributed by atoms with van der Waals surface area (Å²) in [6, 6.07) is 0. The maximum atomic E-state index is 10.1. The molecule has 0 atom stereocenters. The van der Waals surface area contributed by atoms with Crippen molar-refractivity contribution in [1.29, 1.82) is 0 Å². The average Bonchev–Trinajstić information content (AvgIpc) is 2.65. The first kappa shape index (κ1) is 11.4. The number of aromatic nitrogens is 2. The largest absolute Gasteiger partial charge is 0.480 e. The molecule has 0 unspecified atom stereocenters. The molecule has 1 aromatic heterocycles. The van der Waals surface area contributed by atoms with Crippen LogP contribution < -0.4 is 4.90 Å². The Morgan fingerprint density at radius 1 is 1.67 bits per heavy atom. The quantitative estimate of drug-likeness (QED) is 0.721. The molecule has 0 saturated carbocycles. The van der Waals surface area contributed by atoms with Crippen molar-refractivity contribution in [2.75, 3.05) is 25.1 Å². The van der Waals surface area contributed by atoms with Gasteiger partial charge in [0, 0.05) is 13.6 Å². The summed E-state index contributed by atoms with van der Waals surface area (Å²) < 4.78 is 9.64. The maximum absolute atomic E-state index is 10.1. The first-order valence-corrected chi connectivity index (χ1v) is 4.46. The molecule has 0 spiro atoms. The Morgan fingerprint density at radius 2 is 2.40 bits per heavy atom. The number of aliphatic carboxylic acids is 1. The second kappa shape index (κ2) is 5.30. The molecule has 0 radical (unpaired) electrons. The van der Waals surface area contributed by atoms with Gasteiger partial charge in [-0.05, 0) is 12.1 Å². The van der Waals surface area contributed by atoms with E-state index in [-0.39, 0.29) is 19.1 Å². The van der Waals surface area contributed by atoms with E-state index in [2.05, 4.69) is 10.1 Å². The molecule has 1 N–H and O–H groups in total. The van der Waals surface area contributed by atoms with Crippen LogP contribution in [0.2, 0.25) is 0 Å². The average molecular weight is 215 g/mol. The minimum atomic E-state index is -1.03. The fourth-order valence-electron chi connectivity index (χ4n) is 0.827. The maximum Gasteiger partial charge on any atom is 0.329 e. The zero-order chi connectivity index (χ0) is 11.3. The molecular weight excluding hydrogens is 202 g/mol. The number of hydrogen-bond donors (Lipinski definition) is 1. The molecule has 0 amide bonds. The highest BCUT2D eigenvalue weighted by Gasteiger charge is 2.09. The molecule has 7 heteroatoms. The van der Waals surface area contributed by atoms with E-state index in [0.717, 1.165) is 6.54 Å². The van der Waals surface area contributed by atoms with E-state index in [1.54, 1.807) is 4.90 Å². The van der Waals surface area contributed by atoms with Gasteiger partial charge in [-0.2, -0.15) is 4.98 Å². The Kier molecular flexibility index (Phi) is 4.04. The second-order valence-corrected chi connectivity index (χ2v) is 2.89. The van der Waals surface area contributed by atoms with Crippen LogP contribution >= 0.6 is 0 Å². The number of nitrogens with zero attached hydrogens (tertiary/aromatic N) is 3. The smallest absolute Gasteiger partial charge is 0.329 e. The van der Waals surface area contributed by atoms with Crippen LogP contribution in [0, 0.1) is 0 Å². The van der Waals surface area contributed by atoms with Crippen LogP contribution in [0.4, 0.5) is 5.95 Å². The van der Waals surface area contributed by atoms with Crippen LogP contribution in [-0.4, -0.2) is 41.4 Å². The third-order valence-corrected chi connectivity index (χ3v) is 1.72. The van der Waals surface area contributed by atoms with Gasteiger partial charge >= 0.3 is 5.97 Å². The second-order valence-electron chi connectivity index (χ2n) is 2.89. The molecule has 1 rings (SSSR count). The van der Waals surface area contributed by atoms with Gasteiger partial charge in [0.05, 0.1) is 0 Å². The molecule has 84 valence electrons. The highest BCUT2D eigenvalue weighted by atomic mass is 16.5. The number of carboxylic acids is 1. The summed E-state index contributed by atoms with van der Waals surface area (Å²) in [5.74, 6) is -0.293. The summed E-state index contributed by atoms with van der Waals surface area (Å²) in [5, 5.41) is 12.0. The summed E-state index contributed by atoms with van der Waals surface area (Å²) in [4.78, 5) is 16.0. The van der Waals surface area contributed by atoms with E-state index >= 15 is 0 Å². The molecule has 0 aliphatic rings. The van der Waals surface area contributed by atoms with Crippen LogP contribution in [-0.2, 0) is 16.1 Å². The Labute approximate surface area is 86.6 Å². The van der Waals surface area contributed by atoms with E-state index in [0.29, 0.717) is 5.95 Å². The SMILES string of the molecule is CCN(C)c1noc(COCC(=O)O)n1. The lowest BCUT2D eigenvalue weighted by Crippen LogP contribution is -2.17. The van der Waals surface area contributed by atoms with E-state index < -0.39 is 5.97 Å². The Bertz CT molecular complexity index is 325. The molecule has 0 aliphatic carbocycles. The molecule has 1 aromatic rings. The van der Waals surface area contributed by atoms with Gasteiger partial charge in [0.2, 0.25) is 0 Å². The van der Waals surface area contributed by atoms with Crippen LogP contribution in [0.1, 0.15) is 12.8 Å². The van der Waals surface area contributed by atoms with E-state index in [1.807, 2.05) is 14.0 Å². The van der Waals surface area contributed by atoms with Crippen LogP contribution in [0.15, 0.2) is 4.52 Å².